The van der Waals surface area contributed by atoms with E-state index in [2.05, 4.69) is 50.0 Å². The van der Waals surface area contributed by atoms with Crippen molar-refractivity contribution in [2.24, 2.45) is 0 Å². The zero-order valence-electron chi connectivity index (χ0n) is 11.9. The van der Waals surface area contributed by atoms with Crippen molar-refractivity contribution >= 4 is 0 Å². The van der Waals surface area contributed by atoms with Gasteiger partial charge in [0, 0.05) is 18.3 Å². The van der Waals surface area contributed by atoms with E-state index in [9.17, 15) is 0 Å². The van der Waals surface area contributed by atoms with Crippen molar-refractivity contribution in [1.29, 1.82) is 0 Å². The SMILES string of the molecule is Cc1ccc(OCCc2ccc(C(C)C)cn2)cc1. The van der Waals surface area contributed by atoms with E-state index in [4.69, 9.17) is 4.74 Å². The Morgan fingerprint density at radius 3 is 2.37 bits per heavy atom. The maximum atomic E-state index is 5.70. The van der Waals surface area contributed by atoms with Gasteiger partial charge in [-0.1, -0.05) is 37.6 Å². The van der Waals surface area contributed by atoms with Crippen molar-refractivity contribution in [3.8, 4) is 5.75 Å². The molecule has 19 heavy (non-hydrogen) atoms. The second-order valence-electron chi connectivity index (χ2n) is 5.15. The number of rotatable bonds is 5. The van der Waals surface area contributed by atoms with E-state index in [1.165, 1.54) is 11.1 Å². The second-order valence-corrected chi connectivity index (χ2v) is 5.15. The first-order chi connectivity index (χ1) is 9.15. The minimum Gasteiger partial charge on any atom is -0.493 e. The number of ether oxygens (including phenoxy) is 1. The predicted molar refractivity (Wildman–Crippen MR) is 78.7 cm³/mol. The van der Waals surface area contributed by atoms with E-state index in [0.29, 0.717) is 12.5 Å². The highest BCUT2D eigenvalue weighted by Crippen LogP contribution is 2.14. The maximum Gasteiger partial charge on any atom is 0.119 e. The van der Waals surface area contributed by atoms with E-state index < -0.39 is 0 Å². The Morgan fingerprint density at radius 1 is 1.05 bits per heavy atom. The van der Waals surface area contributed by atoms with Crippen molar-refractivity contribution < 1.29 is 4.74 Å². The summed E-state index contributed by atoms with van der Waals surface area (Å²) in [7, 11) is 0. The molecule has 0 fully saturated rings. The lowest BCUT2D eigenvalue weighted by molar-refractivity contribution is 0.320. The smallest absolute Gasteiger partial charge is 0.119 e. The molecule has 1 aromatic carbocycles. The summed E-state index contributed by atoms with van der Waals surface area (Å²) >= 11 is 0. The van der Waals surface area contributed by atoms with Gasteiger partial charge in [-0.15, -0.1) is 0 Å². The highest BCUT2D eigenvalue weighted by atomic mass is 16.5. The van der Waals surface area contributed by atoms with Gasteiger partial charge in [-0.3, -0.25) is 4.98 Å². The number of nitrogens with zero attached hydrogens (tertiary/aromatic N) is 1. The zero-order chi connectivity index (χ0) is 13.7. The Kier molecular flexibility index (Phi) is 4.56. The quantitative estimate of drug-likeness (QED) is 0.801. The van der Waals surface area contributed by atoms with Crippen LogP contribution in [0.15, 0.2) is 42.6 Å². The van der Waals surface area contributed by atoms with Gasteiger partial charge in [0.05, 0.1) is 6.61 Å². The first-order valence-electron chi connectivity index (χ1n) is 6.79. The van der Waals surface area contributed by atoms with Crippen molar-refractivity contribution in [3.05, 3.63) is 59.4 Å². The monoisotopic (exact) mass is 255 g/mol. The molecule has 0 radical (unpaired) electrons. The van der Waals surface area contributed by atoms with Gasteiger partial charge < -0.3 is 4.74 Å². The van der Waals surface area contributed by atoms with Crippen LogP contribution in [-0.4, -0.2) is 11.6 Å². The lowest BCUT2D eigenvalue weighted by atomic mass is 10.1. The van der Waals surface area contributed by atoms with Gasteiger partial charge >= 0.3 is 0 Å². The molecular weight excluding hydrogens is 234 g/mol. The largest absolute Gasteiger partial charge is 0.493 e. The van der Waals surface area contributed by atoms with Crippen LogP contribution in [0.1, 0.15) is 36.6 Å². The third kappa shape index (κ3) is 4.09. The molecule has 2 heteroatoms. The topological polar surface area (TPSA) is 22.1 Å². The van der Waals surface area contributed by atoms with Crippen LogP contribution in [-0.2, 0) is 6.42 Å². The van der Waals surface area contributed by atoms with Gasteiger partial charge in [0.2, 0.25) is 0 Å². The first kappa shape index (κ1) is 13.6. The molecule has 0 amide bonds. The fourth-order valence-corrected chi connectivity index (χ4v) is 1.83. The summed E-state index contributed by atoms with van der Waals surface area (Å²) in [4.78, 5) is 4.47. The first-order valence-corrected chi connectivity index (χ1v) is 6.79. The summed E-state index contributed by atoms with van der Waals surface area (Å²) in [5, 5.41) is 0. The van der Waals surface area contributed by atoms with Crippen LogP contribution in [0.2, 0.25) is 0 Å². The molecule has 0 N–H and O–H groups in total. The normalized spacial score (nSPS) is 10.7. The van der Waals surface area contributed by atoms with Crippen LogP contribution >= 0.6 is 0 Å². The predicted octanol–water partition coefficient (Wildman–Crippen LogP) is 4.13. The van der Waals surface area contributed by atoms with Gasteiger partial charge in [-0.05, 0) is 36.6 Å². The summed E-state index contributed by atoms with van der Waals surface area (Å²) in [5.41, 5.74) is 3.61. The summed E-state index contributed by atoms with van der Waals surface area (Å²) in [6, 6.07) is 12.4. The number of aromatic nitrogens is 1. The average molecular weight is 255 g/mol. The molecular formula is C17H21NO. The fourth-order valence-electron chi connectivity index (χ4n) is 1.83. The molecule has 0 unspecified atom stereocenters. The van der Waals surface area contributed by atoms with Gasteiger partial charge in [0.1, 0.15) is 5.75 Å². The highest BCUT2D eigenvalue weighted by molar-refractivity contribution is 5.26. The molecule has 0 aliphatic rings. The molecule has 0 bridgehead atoms. The molecule has 100 valence electrons. The molecule has 0 aliphatic carbocycles. The van der Waals surface area contributed by atoms with Crippen LogP contribution < -0.4 is 4.74 Å². The van der Waals surface area contributed by atoms with Crippen LogP contribution in [0.5, 0.6) is 5.75 Å². The van der Waals surface area contributed by atoms with Crippen LogP contribution in [0.4, 0.5) is 0 Å². The molecule has 1 heterocycles. The Morgan fingerprint density at radius 2 is 1.79 bits per heavy atom. The van der Waals surface area contributed by atoms with Crippen molar-refractivity contribution in [1.82, 2.24) is 4.98 Å². The molecule has 0 saturated heterocycles. The molecule has 0 saturated carbocycles. The van der Waals surface area contributed by atoms with Crippen molar-refractivity contribution in [2.75, 3.05) is 6.61 Å². The molecule has 0 spiro atoms. The minimum absolute atomic E-state index is 0.533. The Balaban J connectivity index is 1.83. The van der Waals surface area contributed by atoms with Crippen molar-refractivity contribution in [3.63, 3.8) is 0 Å². The summed E-state index contributed by atoms with van der Waals surface area (Å²) < 4.78 is 5.70. The van der Waals surface area contributed by atoms with Gasteiger partial charge in [0.25, 0.3) is 0 Å². The van der Waals surface area contributed by atoms with E-state index in [0.717, 1.165) is 17.9 Å². The number of aryl methyl sites for hydroxylation is 1. The Labute approximate surface area is 115 Å². The molecule has 1 aromatic heterocycles. The van der Waals surface area contributed by atoms with Gasteiger partial charge in [0.15, 0.2) is 0 Å². The highest BCUT2D eigenvalue weighted by Gasteiger charge is 2.01. The molecule has 2 nitrogen and oxygen atoms in total. The molecule has 0 atom stereocenters. The molecule has 2 rings (SSSR count). The second kappa shape index (κ2) is 6.37. The van der Waals surface area contributed by atoms with Gasteiger partial charge in [-0.25, -0.2) is 0 Å². The standard InChI is InChI=1S/C17H21NO/c1-13(2)15-6-7-16(18-12-15)10-11-19-17-8-4-14(3)5-9-17/h4-9,12-13H,10-11H2,1-3H3. The molecule has 0 aliphatic heterocycles. The third-order valence-corrected chi connectivity index (χ3v) is 3.16. The fraction of sp³-hybridized carbons (Fsp3) is 0.353. The summed E-state index contributed by atoms with van der Waals surface area (Å²) in [5.74, 6) is 1.45. The van der Waals surface area contributed by atoms with E-state index in [1.54, 1.807) is 0 Å². The lowest BCUT2D eigenvalue weighted by Gasteiger charge is -2.08. The zero-order valence-corrected chi connectivity index (χ0v) is 11.9. The minimum atomic E-state index is 0.533. The van der Waals surface area contributed by atoms with Crippen LogP contribution in [0.25, 0.3) is 0 Å². The number of pyridine rings is 1. The van der Waals surface area contributed by atoms with E-state index >= 15 is 0 Å². The molecule has 2 aromatic rings. The number of hydrogen-bond acceptors (Lipinski definition) is 2. The van der Waals surface area contributed by atoms with Crippen LogP contribution in [0.3, 0.4) is 0 Å². The van der Waals surface area contributed by atoms with Crippen molar-refractivity contribution in [2.45, 2.75) is 33.1 Å². The number of hydrogen-bond donors (Lipinski definition) is 0. The Bertz CT molecular complexity index is 500. The van der Waals surface area contributed by atoms with E-state index in [1.807, 2.05) is 18.3 Å². The van der Waals surface area contributed by atoms with E-state index in [-0.39, 0.29) is 0 Å². The third-order valence-electron chi connectivity index (χ3n) is 3.16. The average Bonchev–Trinajstić information content (AvgIpc) is 2.41. The summed E-state index contributed by atoms with van der Waals surface area (Å²) in [6.45, 7) is 7.09. The number of benzene rings is 1. The van der Waals surface area contributed by atoms with Gasteiger partial charge in [-0.2, -0.15) is 0 Å². The Hall–Kier alpha value is -1.83. The lowest BCUT2D eigenvalue weighted by Crippen LogP contribution is -2.03. The van der Waals surface area contributed by atoms with Crippen LogP contribution in [0, 0.1) is 6.92 Å². The summed E-state index contributed by atoms with van der Waals surface area (Å²) in [6.07, 6.45) is 2.80. The maximum absolute atomic E-state index is 5.70.